The molecule has 8 atom stereocenters. The number of phenols is 1. The fraction of sp³-hybridized carbons (Fsp3) is 0.488. The van der Waals surface area contributed by atoms with Crippen LogP contribution in [0.1, 0.15) is 73.1 Å². The summed E-state index contributed by atoms with van der Waals surface area (Å²) in [7, 11) is 3.62. The molecular weight excluding hydrogens is 709 g/mol. The van der Waals surface area contributed by atoms with Crippen molar-refractivity contribution in [3.8, 4) is 23.0 Å². The third-order valence-corrected chi connectivity index (χ3v) is 14.8. The zero-order chi connectivity index (χ0) is 37.5. The number of rotatable bonds is 2. The number of carbonyl (C=O) groups excluding carboxylic acids is 1. The van der Waals surface area contributed by atoms with Crippen LogP contribution in [0.5, 0.6) is 23.0 Å². The lowest BCUT2D eigenvalue weighted by atomic mass is 9.72. The SMILES string of the molecule is COc1c(C)cc2c(c1O)[C@@H]1[C@@H]3[C@@H]4SC[C@]5(N[C@H](CO)Cc6c5[nH]c5ccc(C)cc65)C(=O)OC[C@@H](c5c6c(c(C)c(C)c54)OCO6)N3[C@@H](O)[C@H](C2)N1C. The van der Waals surface area contributed by atoms with Gasteiger partial charge in [0, 0.05) is 45.1 Å². The number of aromatic amines is 1. The van der Waals surface area contributed by atoms with Gasteiger partial charge in [-0.2, -0.15) is 0 Å². The lowest BCUT2D eigenvalue weighted by molar-refractivity contribution is -0.186. The molecule has 13 heteroatoms. The predicted octanol–water partition coefficient (Wildman–Crippen LogP) is 4.23. The molecular formula is C41H46N4O8S. The first kappa shape index (κ1) is 34.5. The summed E-state index contributed by atoms with van der Waals surface area (Å²) in [5.41, 5.74) is 9.14. The third-order valence-electron chi connectivity index (χ3n) is 13.3. The van der Waals surface area contributed by atoms with E-state index in [2.05, 4.69) is 59.1 Å². The average molecular weight is 755 g/mol. The molecule has 4 bridgehead atoms. The number of carbonyl (C=O) groups is 1. The highest BCUT2D eigenvalue weighted by molar-refractivity contribution is 7.99. The smallest absolute Gasteiger partial charge is 0.333 e. The van der Waals surface area contributed by atoms with Gasteiger partial charge in [-0.05, 0) is 93.1 Å². The fourth-order valence-electron chi connectivity index (χ4n) is 10.8. The number of ether oxygens (including phenoxy) is 4. The number of esters is 1. The first-order valence-electron chi connectivity index (χ1n) is 18.8. The van der Waals surface area contributed by atoms with Crippen LogP contribution in [0.15, 0.2) is 24.3 Å². The van der Waals surface area contributed by atoms with Gasteiger partial charge in [-0.3, -0.25) is 15.1 Å². The number of likely N-dealkylation sites (N-methyl/N-ethyl adjacent to an activating group) is 1. The molecule has 0 amide bonds. The van der Waals surface area contributed by atoms with Crippen molar-refractivity contribution in [1.29, 1.82) is 0 Å². The Hall–Kier alpha value is -3.98. The molecule has 1 spiro atoms. The summed E-state index contributed by atoms with van der Waals surface area (Å²) in [5.74, 6) is 1.71. The lowest BCUT2D eigenvalue weighted by Gasteiger charge is -2.62. The van der Waals surface area contributed by atoms with E-state index in [1.807, 2.05) is 20.0 Å². The molecule has 54 heavy (non-hydrogen) atoms. The highest BCUT2D eigenvalue weighted by Crippen LogP contribution is 2.63. The number of piperazine rings is 1. The van der Waals surface area contributed by atoms with Crippen molar-refractivity contribution < 1.29 is 39.1 Å². The topological polar surface area (TPSA) is 149 Å². The van der Waals surface area contributed by atoms with Gasteiger partial charge in [0.1, 0.15) is 12.8 Å². The maximum atomic E-state index is 14.9. The number of hydrogen-bond donors (Lipinski definition) is 5. The molecule has 11 rings (SSSR count). The molecule has 5 N–H and O–H groups in total. The normalized spacial score (nSPS) is 31.2. The maximum Gasteiger partial charge on any atom is 0.333 e. The molecule has 2 saturated heterocycles. The van der Waals surface area contributed by atoms with Crippen molar-refractivity contribution in [2.75, 3.05) is 39.9 Å². The number of aliphatic hydroxyl groups is 2. The highest BCUT2D eigenvalue weighted by atomic mass is 32.2. The number of aliphatic hydroxyl groups excluding tert-OH is 2. The summed E-state index contributed by atoms with van der Waals surface area (Å²) in [6.07, 6.45) is 0.141. The molecule has 0 saturated carbocycles. The van der Waals surface area contributed by atoms with Crippen LogP contribution in [-0.2, 0) is 27.9 Å². The number of phenolic OH excluding ortho intramolecular Hbond substituents is 1. The minimum Gasteiger partial charge on any atom is -0.504 e. The summed E-state index contributed by atoms with van der Waals surface area (Å²) in [4.78, 5) is 22.9. The largest absolute Gasteiger partial charge is 0.504 e. The van der Waals surface area contributed by atoms with Crippen molar-refractivity contribution in [3.63, 3.8) is 0 Å². The molecule has 0 radical (unpaired) electrons. The number of benzene rings is 3. The summed E-state index contributed by atoms with van der Waals surface area (Å²) in [5, 5.41) is 39.6. The zero-order valence-corrected chi connectivity index (χ0v) is 32.1. The first-order valence-corrected chi connectivity index (χ1v) is 19.8. The van der Waals surface area contributed by atoms with Gasteiger partial charge in [-0.15, -0.1) is 11.8 Å². The van der Waals surface area contributed by atoms with Crippen molar-refractivity contribution in [1.82, 2.24) is 20.1 Å². The molecule has 7 aliphatic rings. The van der Waals surface area contributed by atoms with Crippen molar-refractivity contribution in [3.05, 3.63) is 80.0 Å². The molecule has 8 heterocycles. The van der Waals surface area contributed by atoms with Crippen molar-refractivity contribution in [2.24, 2.45) is 0 Å². The molecule has 12 nitrogen and oxygen atoms in total. The lowest BCUT2D eigenvalue weighted by Crippen LogP contribution is -2.70. The second kappa shape index (κ2) is 12.0. The number of H-pyrrole nitrogens is 1. The van der Waals surface area contributed by atoms with Crippen LogP contribution in [0.4, 0.5) is 0 Å². The highest BCUT2D eigenvalue weighted by Gasteiger charge is 2.61. The van der Waals surface area contributed by atoms with E-state index in [0.29, 0.717) is 30.1 Å². The van der Waals surface area contributed by atoms with E-state index in [-0.39, 0.29) is 60.9 Å². The number of methoxy groups -OCH3 is 1. The number of hydrogen-bond acceptors (Lipinski definition) is 12. The Labute approximate surface area is 317 Å². The average Bonchev–Trinajstić information content (AvgIpc) is 3.79. The fourth-order valence-corrected chi connectivity index (χ4v) is 12.5. The Morgan fingerprint density at radius 3 is 2.61 bits per heavy atom. The number of aromatic hydroxyl groups is 1. The molecule has 7 aliphatic heterocycles. The monoisotopic (exact) mass is 754 g/mol. The van der Waals surface area contributed by atoms with Crippen molar-refractivity contribution >= 4 is 28.6 Å². The maximum absolute atomic E-state index is 14.9. The number of thioether (sulfide) groups is 1. The Morgan fingerprint density at radius 2 is 1.83 bits per heavy atom. The molecule has 4 aromatic rings. The number of nitrogens with zero attached hydrogens (tertiary/aromatic N) is 2. The van der Waals surface area contributed by atoms with Crippen LogP contribution in [0.3, 0.4) is 0 Å². The zero-order valence-electron chi connectivity index (χ0n) is 31.3. The Balaban J connectivity index is 1.22. The van der Waals surface area contributed by atoms with Gasteiger partial charge < -0.3 is 39.3 Å². The number of nitrogens with one attached hydrogen (secondary N) is 2. The second-order valence-electron chi connectivity index (χ2n) is 16.0. The number of fused-ring (bicyclic) bond motifs is 11. The van der Waals surface area contributed by atoms with E-state index in [0.717, 1.165) is 66.7 Å². The van der Waals surface area contributed by atoms with Crippen molar-refractivity contribution in [2.45, 2.75) is 87.8 Å². The Kier molecular flexibility index (Phi) is 7.67. The van der Waals surface area contributed by atoms with Gasteiger partial charge in [0.25, 0.3) is 0 Å². The van der Waals surface area contributed by atoms with Crippen LogP contribution in [0, 0.1) is 27.7 Å². The van der Waals surface area contributed by atoms with Gasteiger partial charge in [-0.1, -0.05) is 17.7 Å². The summed E-state index contributed by atoms with van der Waals surface area (Å²) in [6.45, 7) is 8.04. The van der Waals surface area contributed by atoms with E-state index in [1.165, 1.54) is 0 Å². The van der Waals surface area contributed by atoms with E-state index in [4.69, 9.17) is 18.9 Å². The van der Waals surface area contributed by atoms with Gasteiger partial charge >= 0.3 is 5.97 Å². The van der Waals surface area contributed by atoms with Crippen LogP contribution in [0.25, 0.3) is 10.9 Å². The standard InChI is InChI=1S/C41H46N4O8S/c1-17-7-8-25-23(9-17)24-12-22(13-46)43-41(38(24)42-25)15-54-37-28-19(3)20(4)35-36(53-16-52-35)30(28)27(14-51-40(41)49)45-32(37)31-29-21(11-26(39(45)48)44(31)5)10-18(2)34(50-6)33(29)47/h7-10,22,26-27,31-32,37,39,42-43,46-48H,11-16H2,1-6H3/t22-,26-,27-,31+,32+,37+,39-,41+/m0/s1. The van der Waals surface area contributed by atoms with E-state index >= 15 is 0 Å². The molecule has 3 aromatic carbocycles. The summed E-state index contributed by atoms with van der Waals surface area (Å²) >= 11 is 1.64. The molecule has 0 aliphatic carbocycles. The van der Waals surface area contributed by atoms with E-state index in [9.17, 15) is 20.1 Å². The van der Waals surface area contributed by atoms with Crippen LogP contribution < -0.4 is 19.5 Å². The van der Waals surface area contributed by atoms with Gasteiger partial charge in [0.15, 0.2) is 28.5 Å². The minimum absolute atomic E-state index is 0.0593. The van der Waals surface area contributed by atoms with E-state index in [1.54, 1.807) is 18.9 Å². The molecule has 0 unspecified atom stereocenters. The third kappa shape index (κ3) is 4.42. The van der Waals surface area contributed by atoms with Gasteiger partial charge in [0.05, 0.1) is 37.5 Å². The first-order chi connectivity index (χ1) is 26.0. The van der Waals surface area contributed by atoms with Gasteiger partial charge in [-0.25, -0.2) is 4.79 Å². The predicted molar refractivity (Wildman–Crippen MR) is 202 cm³/mol. The Bertz CT molecular complexity index is 2280. The second-order valence-corrected chi connectivity index (χ2v) is 17.2. The Morgan fingerprint density at radius 1 is 1.04 bits per heavy atom. The molecule has 1 aromatic heterocycles. The molecule has 284 valence electrons. The van der Waals surface area contributed by atoms with Crippen LogP contribution >= 0.6 is 11.8 Å². The number of aryl methyl sites for hydroxylation is 2. The molecule has 2 fully saturated rings. The quantitative estimate of drug-likeness (QED) is 0.187. The van der Waals surface area contributed by atoms with Crippen LogP contribution in [-0.4, -0.2) is 100 Å². The minimum atomic E-state index is -1.31. The summed E-state index contributed by atoms with van der Waals surface area (Å²) in [6, 6.07) is 6.33. The van der Waals surface area contributed by atoms with Crippen LogP contribution in [0.2, 0.25) is 0 Å². The number of aromatic nitrogens is 1. The summed E-state index contributed by atoms with van der Waals surface area (Å²) < 4.78 is 24.6. The van der Waals surface area contributed by atoms with Gasteiger partial charge in [0.2, 0.25) is 6.79 Å². The van der Waals surface area contributed by atoms with E-state index < -0.39 is 23.8 Å².